The maximum Gasteiger partial charge on any atom is 0.260 e. The van der Waals surface area contributed by atoms with Crippen LogP contribution in [0.3, 0.4) is 0 Å². The molecular formula is C21H20N8O2. The highest BCUT2D eigenvalue weighted by Crippen LogP contribution is 2.27. The molecule has 0 saturated carbocycles. The number of rotatable bonds is 1. The van der Waals surface area contributed by atoms with Crippen molar-refractivity contribution in [1.82, 2.24) is 34.7 Å². The molecule has 1 aliphatic rings. The van der Waals surface area contributed by atoms with E-state index in [9.17, 15) is 4.79 Å². The largest absolute Gasteiger partial charge is 0.493 e. The zero-order chi connectivity index (χ0) is 21.2. The predicted octanol–water partition coefficient (Wildman–Crippen LogP) is 2.56. The number of pyridine rings is 1. The zero-order valence-electron chi connectivity index (χ0n) is 16.9. The van der Waals surface area contributed by atoms with Gasteiger partial charge < -0.3 is 14.6 Å². The summed E-state index contributed by atoms with van der Waals surface area (Å²) in [4.78, 5) is 17.7. The van der Waals surface area contributed by atoms with Gasteiger partial charge in [0.25, 0.3) is 5.91 Å². The predicted molar refractivity (Wildman–Crippen MR) is 112 cm³/mol. The first kappa shape index (κ1) is 18.9. The van der Waals surface area contributed by atoms with Crippen LogP contribution in [0.25, 0.3) is 22.8 Å². The quantitative estimate of drug-likeness (QED) is 0.507. The molecule has 0 radical (unpaired) electrons. The number of carbonyl (C=O) groups is 1. The van der Waals surface area contributed by atoms with E-state index >= 15 is 0 Å². The van der Waals surface area contributed by atoms with Crippen LogP contribution in [0.1, 0.15) is 23.2 Å². The van der Waals surface area contributed by atoms with E-state index in [2.05, 4.69) is 30.8 Å². The number of hydrogen-bond donors (Lipinski definition) is 1. The number of nitrogens with zero attached hydrogens (tertiary/aromatic N) is 7. The fraction of sp³-hybridized carbons (Fsp3) is 0.238. The van der Waals surface area contributed by atoms with Gasteiger partial charge in [0.05, 0.1) is 18.4 Å². The van der Waals surface area contributed by atoms with Crippen LogP contribution in [-0.4, -0.2) is 47.3 Å². The van der Waals surface area contributed by atoms with Crippen molar-refractivity contribution in [3.8, 4) is 28.5 Å². The van der Waals surface area contributed by atoms with Crippen LogP contribution in [0.4, 0.5) is 5.82 Å². The lowest BCUT2D eigenvalue weighted by Crippen LogP contribution is -2.16. The third kappa shape index (κ3) is 3.87. The Balaban J connectivity index is 1.54. The first-order valence-corrected chi connectivity index (χ1v) is 9.97. The molecule has 0 saturated heterocycles. The van der Waals surface area contributed by atoms with E-state index in [1.54, 1.807) is 42.5 Å². The van der Waals surface area contributed by atoms with Crippen molar-refractivity contribution in [3.05, 3.63) is 54.5 Å². The number of amides is 1. The van der Waals surface area contributed by atoms with Gasteiger partial charge in [-0.1, -0.05) is 11.3 Å². The molecule has 0 fully saturated rings. The number of ether oxygens (including phenoxy) is 1. The highest BCUT2D eigenvalue weighted by Gasteiger charge is 2.18. The average molecular weight is 416 g/mol. The molecule has 0 aliphatic carbocycles. The third-order valence-corrected chi connectivity index (χ3v) is 5.01. The summed E-state index contributed by atoms with van der Waals surface area (Å²) >= 11 is 0. The van der Waals surface area contributed by atoms with Crippen molar-refractivity contribution in [2.75, 3.05) is 11.9 Å². The van der Waals surface area contributed by atoms with Gasteiger partial charge in [0.2, 0.25) is 0 Å². The summed E-state index contributed by atoms with van der Waals surface area (Å²) in [6, 6.07) is 10.9. The van der Waals surface area contributed by atoms with E-state index in [0.717, 1.165) is 24.9 Å². The monoisotopic (exact) mass is 416 g/mol. The maximum atomic E-state index is 13.2. The van der Waals surface area contributed by atoms with Crippen LogP contribution in [-0.2, 0) is 13.6 Å². The Kier molecular flexibility index (Phi) is 4.87. The molecule has 0 spiro atoms. The molecule has 5 rings (SSSR count). The number of aryl methyl sites for hydroxylation is 2. The number of nitrogens with one attached hydrogen (secondary N) is 1. The van der Waals surface area contributed by atoms with Crippen LogP contribution in [0, 0.1) is 0 Å². The number of benzene rings is 1. The summed E-state index contributed by atoms with van der Waals surface area (Å²) in [7, 11) is 1.80. The Morgan fingerprint density at radius 1 is 1.10 bits per heavy atom. The Hall–Kier alpha value is -4.08. The van der Waals surface area contributed by atoms with Gasteiger partial charge in [-0.3, -0.25) is 9.48 Å². The van der Waals surface area contributed by atoms with Crippen molar-refractivity contribution >= 4 is 11.7 Å². The summed E-state index contributed by atoms with van der Waals surface area (Å²) in [5.41, 5.74) is 2.52. The van der Waals surface area contributed by atoms with Gasteiger partial charge in [-0.15, -0.1) is 15.3 Å². The molecule has 0 atom stereocenters. The van der Waals surface area contributed by atoms with Crippen molar-refractivity contribution in [3.63, 3.8) is 0 Å². The molecular weight excluding hydrogens is 396 g/mol. The molecule has 1 amide bonds. The summed E-state index contributed by atoms with van der Waals surface area (Å²) in [5.74, 6) is 1.29. The molecule has 1 aliphatic heterocycles. The molecule has 1 N–H and O–H groups in total. The second-order valence-corrected chi connectivity index (χ2v) is 7.25. The smallest absolute Gasteiger partial charge is 0.260 e. The molecule has 4 aromatic rings. The number of aromatic nitrogens is 7. The van der Waals surface area contributed by atoms with Crippen LogP contribution in [0.2, 0.25) is 0 Å². The lowest BCUT2D eigenvalue weighted by molar-refractivity contribution is 0.102. The fourth-order valence-corrected chi connectivity index (χ4v) is 3.47. The Morgan fingerprint density at radius 3 is 2.90 bits per heavy atom. The van der Waals surface area contributed by atoms with Crippen molar-refractivity contribution < 1.29 is 9.53 Å². The van der Waals surface area contributed by atoms with Crippen LogP contribution in [0.15, 0.2) is 48.9 Å². The van der Waals surface area contributed by atoms with Gasteiger partial charge in [-0.05, 0) is 43.2 Å². The van der Waals surface area contributed by atoms with Crippen LogP contribution in [0.5, 0.6) is 5.75 Å². The topological polar surface area (TPSA) is 113 Å². The lowest BCUT2D eigenvalue weighted by atomic mass is 10.1. The minimum absolute atomic E-state index is 0.316. The first-order valence-electron chi connectivity index (χ1n) is 9.97. The second-order valence-electron chi connectivity index (χ2n) is 7.25. The van der Waals surface area contributed by atoms with E-state index < -0.39 is 0 Å². The number of hydrogen-bond acceptors (Lipinski definition) is 7. The van der Waals surface area contributed by atoms with Gasteiger partial charge in [-0.25, -0.2) is 4.98 Å². The van der Waals surface area contributed by atoms with E-state index in [-0.39, 0.29) is 5.91 Å². The number of carbonyl (C=O) groups excluding carboxylic acids is 1. The number of fused-ring (bicyclic) bond motifs is 5. The molecule has 1 aromatic carbocycles. The second kappa shape index (κ2) is 7.98. The Labute approximate surface area is 177 Å². The third-order valence-electron chi connectivity index (χ3n) is 5.01. The summed E-state index contributed by atoms with van der Waals surface area (Å²) < 4.78 is 9.54. The molecule has 156 valence electrons. The summed E-state index contributed by atoms with van der Waals surface area (Å²) in [6.45, 7) is 1.24. The highest BCUT2D eigenvalue weighted by molar-refractivity contribution is 6.06. The van der Waals surface area contributed by atoms with Gasteiger partial charge >= 0.3 is 0 Å². The number of anilines is 1. The van der Waals surface area contributed by atoms with Crippen LogP contribution < -0.4 is 10.1 Å². The normalized spacial score (nSPS) is 14.0. The van der Waals surface area contributed by atoms with E-state index in [1.165, 1.54) is 0 Å². The van der Waals surface area contributed by atoms with Gasteiger partial charge in [0, 0.05) is 19.2 Å². The van der Waals surface area contributed by atoms with E-state index in [0.29, 0.717) is 40.9 Å². The van der Waals surface area contributed by atoms with Crippen molar-refractivity contribution in [2.45, 2.75) is 19.4 Å². The Bertz CT molecular complexity index is 1250. The molecule has 4 heterocycles. The summed E-state index contributed by atoms with van der Waals surface area (Å²) in [6.07, 6.45) is 5.19. The van der Waals surface area contributed by atoms with Gasteiger partial charge in [0.1, 0.15) is 29.3 Å². The fourth-order valence-electron chi connectivity index (χ4n) is 3.47. The van der Waals surface area contributed by atoms with Gasteiger partial charge in [-0.2, -0.15) is 0 Å². The van der Waals surface area contributed by atoms with Crippen molar-refractivity contribution in [2.24, 2.45) is 7.05 Å². The van der Waals surface area contributed by atoms with Gasteiger partial charge in [0.15, 0.2) is 5.82 Å². The van der Waals surface area contributed by atoms with E-state index in [1.807, 2.05) is 22.8 Å². The highest BCUT2D eigenvalue weighted by atomic mass is 16.5. The standard InChI is InChI=1S/C21H20N8O2/c1-28-12-17(25-27-28)14-7-8-18-15(11-14)21(30)24-19-6-4-5-16(23-19)20-26-22-13-29(20)9-2-3-10-31-18/h4-8,11-13H,2-3,9-10H2,1H3,(H,23,24,30). The molecule has 3 aromatic heterocycles. The average Bonchev–Trinajstić information content (AvgIpc) is 3.42. The van der Waals surface area contributed by atoms with Crippen LogP contribution >= 0.6 is 0 Å². The first-order chi connectivity index (χ1) is 15.2. The Morgan fingerprint density at radius 2 is 2.03 bits per heavy atom. The molecule has 10 heteroatoms. The zero-order valence-corrected chi connectivity index (χ0v) is 16.9. The molecule has 10 nitrogen and oxygen atoms in total. The minimum Gasteiger partial charge on any atom is -0.493 e. The SMILES string of the molecule is Cn1cc(-c2ccc3c(c2)C(=O)Nc2cccc(n2)-c2nncn2CCCCO3)nn1. The molecule has 2 bridgehead atoms. The minimum atomic E-state index is -0.316. The summed E-state index contributed by atoms with van der Waals surface area (Å²) in [5, 5.41) is 19.2. The molecule has 31 heavy (non-hydrogen) atoms. The maximum absolute atomic E-state index is 13.2. The van der Waals surface area contributed by atoms with E-state index in [4.69, 9.17) is 4.74 Å². The lowest BCUT2D eigenvalue weighted by Gasteiger charge is -2.14. The molecule has 0 unspecified atom stereocenters. The van der Waals surface area contributed by atoms with Crippen molar-refractivity contribution in [1.29, 1.82) is 0 Å².